The van der Waals surface area contributed by atoms with Gasteiger partial charge in [0.05, 0.1) is 0 Å². The van der Waals surface area contributed by atoms with E-state index in [0.29, 0.717) is 20.9 Å². The molecule has 0 aliphatic carbocycles. The topological polar surface area (TPSA) is 61.1 Å². The summed E-state index contributed by atoms with van der Waals surface area (Å²) in [5, 5.41) is 0. The Morgan fingerprint density at radius 1 is 1.28 bits per heavy atom. The molecule has 0 unspecified atom stereocenters. The molecule has 0 radical (unpaired) electrons. The minimum absolute atomic E-state index is 0.257. The average Bonchev–Trinajstić information content (AvgIpc) is 2.59. The van der Waals surface area contributed by atoms with Gasteiger partial charge >= 0.3 is 113 Å². The zero-order chi connectivity index (χ0) is 13.2. The predicted octanol–water partition coefficient (Wildman–Crippen LogP) is 0.818. The molecule has 2 aromatic rings. The van der Waals surface area contributed by atoms with Crippen LogP contribution in [0.5, 0.6) is 0 Å². The summed E-state index contributed by atoms with van der Waals surface area (Å²) >= 11 is 0.376. The number of unbranched alkanes of at least 4 members (excludes halogenated alkanes) is 1. The van der Waals surface area contributed by atoms with Crippen LogP contribution in [0.15, 0.2) is 24.3 Å². The quantitative estimate of drug-likeness (QED) is 0.352. The van der Waals surface area contributed by atoms with E-state index in [1.54, 1.807) is 0 Å². The van der Waals surface area contributed by atoms with Gasteiger partial charge in [0.1, 0.15) is 0 Å². The average molecular weight is 332 g/mol. The summed E-state index contributed by atoms with van der Waals surface area (Å²) < 4.78 is 36.5. The molecule has 1 aromatic heterocycles. The van der Waals surface area contributed by atoms with Crippen molar-refractivity contribution in [2.24, 2.45) is 0 Å². The van der Waals surface area contributed by atoms with Crippen LogP contribution in [0.1, 0.15) is 17.4 Å². The molecular formula is C12H15NO3SSe. The van der Waals surface area contributed by atoms with Crippen LogP contribution in [0.3, 0.4) is 0 Å². The van der Waals surface area contributed by atoms with E-state index >= 15 is 0 Å². The van der Waals surface area contributed by atoms with E-state index in [1.165, 1.54) is 14.3 Å². The van der Waals surface area contributed by atoms with E-state index in [9.17, 15) is 13.0 Å². The van der Waals surface area contributed by atoms with Gasteiger partial charge in [0.15, 0.2) is 0 Å². The molecule has 98 valence electrons. The van der Waals surface area contributed by atoms with Gasteiger partial charge in [-0.1, -0.05) is 0 Å². The van der Waals surface area contributed by atoms with Gasteiger partial charge in [-0.05, 0) is 0 Å². The number of hydrogen-bond acceptors (Lipinski definition) is 3. The Morgan fingerprint density at radius 2 is 2.00 bits per heavy atom. The van der Waals surface area contributed by atoms with Crippen LogP contribution in [0, 0.1) is 6.92 Å². The van der Waals surface area contributed by atoms with Gasteiger partial charge in [-0.15, -0.1) is 0 Å². The Hall–Kier alpha value is -0.681. The summed E-state index contributed by atoms with van der Waals surface area (Å²) in [6, 6.07) is 8.29. The van der Waals surface area contributed by atoms with Gasteiger partial charge in [-0.3, -0.25) is 0 Å². The fourth-order valence-electron chi connectivity index (χ4n) is 1.98. The molecule has 0 aliphatic rings. The van der Waals surface area contributed by atoms with Gasteiger partial charge in [0.2, 0.25) is 0 Å². The van der Waals surface area contributed by atoms with Crippen molar-refractivity contribution in [2.75, 3.05) is 5.75 Å². The van der Waals surface area contributed by atoms with Crippen LogP contribution < -0.4 is 4.57 Å². The summed E-state index contributed by atoms with van der Waals surface area (Å²) in [7, 11) is -4.07. The fourth-order valence-corrected chi connectivity index (χ4v) is 4.73. The van der Waals surface area contributed by atoms with Crippen LogP contribution in [0.25, 0.3) is 9.78 Å². The second kappa shape index (κ2) is 5.53. The molecule has 0 saturated heterocycles. The molecule has 0 N–H and O–H groups in total. The van der Waals surface area contributed by atoms with Gasteiger partial charge in [-0.25, -0.2) is 0 Å². The van der Waals surface area contributed by atoms with E-state index in [1.807, 2.05) is 12.1 Å². The van der Waals surface area contributed by atoms with E-state index in [-0.39, 0.29) is 5.75 Å². The Morgan fingerprint density at radius 3 is 2.72 bits per heavy atom. The molecule has 1 aromatic carbocycles. The Bertz CT molecular complexity index is 648. The second-order valence-corrected chi connectivity index (χ2v) is 8.32. The molecular weight excluding hydrogens is 317 g/mol. The number of hydrogen-bond donors (Lipinski definition) is 0. The van der Waals surface area contributed by atoms with E-state index in [4.69, 9.17) is 0 Å². The first-order chi connectivity index (χ1) is 8.47. The number of fused-ring (bicyclic) bond motifs is 1. The normalized spacial score (nSPS) is 12.1. The minimum atomic E-state index is -4.07. The van der Waals surface area contributed by atoms with Crippen LogP contribution in [0.4, 0.5) is 0 Å². The van der Waals surface area contributed by atoms with E-state index < -0.39 is 10.1 Å². The molecule has 2 rings (SSSR count). The Kier molecular flexibility index (Phi) is 4.22. The SMILES string of the molecule is Cc1[se]c2ccccc2[n+]1CCCCS(=O)(=O)[O-]. The third-order valence-corrected chi connectivity index (χ3v) is 5.88. The second-order valence-electron chi connectivity index (χ2n) is 4.21. The summed E-state index contributed by atoms with van der Waals surface area (Å²) in [6.07, 6.45) is 1.16. The number of aromatic nitrogens is 1. The van der Waals surface area contributed by atoms with Crippen LogP contribution >= 0.6 is 0 Å². The van der Waals surface area contributed by atoms with Crippen molar-refractivity contribution >= 4 is 34.4 Å². The van der Waals surface area contributed by atoms with E-state index in [2.05, 4.69) is 23.6 Å². The first kappa shape index (κ1) is 13.7. The number of rotatable bonds is 5. The maximum absolute atomic E-state index is 10.5. The number of para-hydroxylation sites is 1. The third kappa shape index (κ3) is 3.42. The van der Waals surface area contributed by atoms with Crippen molar-refractivity contribution in [1.29, 1.82) is 0 Å². The summed E-state index contributed by atoms with van der Waals surface area (Å²) in [6.45, 7) is 2.91. The van der Waals surface area contributed by atoms with Crippen molar-refractivity contribution in [3.63, 3.8) is 0 Å². The van der Waals surface area contributed by atoms with Crippen molar-refractivity contribution < 1.29 is 17.5 Å². The molecule has 0 spiro atoms. The molecule has 4 nitrogen and oxygen atoms in total. The first-order valence-corrected chi connectivity index (χ1v) is 9.08. The third-order valence-electron chi connectivity index (χ3n) is 2.82. The number of nitrogens with zero attached hydrogens (tertiary/aromatic N) is 1. The van der Waals surface area contributed by atoms with Crippen LogP contribution in [-0.4, -0.2) is 33.2 Å². The van der Waals surface area contributed by atoms with E-state index in [0.717, 1.165) is 13.0 Å². The van der Waals surface area contributed by atoms with Gasteiger partial charge in [0, 0.05) is 0 Å². The Balaban J connectivity index is 2.06. The van der Waals surface area contributed by atoms with Crippen molar-refractivity contribution in [2.45, 2.75) is 26.3 Å². The zero-order valence-corrected chi connectivity index (χ0v) is 12.7. The van der Waals surface area contributed by atoms with Gasteiger partial charge in [0.25, 0.3) is 0 Å². The summed E-state index contributed by atoms with van der Waals surface area (Å²) in [5.41, 5.74) is 1.24. The van der Waals surface area contributed by atoms with Gasteiger partial charge in [-0.2, -0.15) is 0 Å². The molecule has 0 bridgehead atoms. The van der Waals surface area contributed by atoms with Crippen molar-refractivity contribution in [3.8, 4) is 0 Å². The molecule has 0 atom stereocenters. The standard InChI is InChI=1S/C12H15NO3SSe/c1-10-13(8-4-5-9-17(14,15)16)11-6-2-3-7-12(11)18-10/h2-3,6-7H,4-5,8-9H2,1H3. The summed E-state index contributed by atoms with van der Waals surface area (Å²) in [4.78, 5) is 0. The van der Waals surface area contributed by atoms with Crippen LogP contribution in [-0.2, 0) is 16.7 Å². The molecule has 0 fully saturated rings. The predicted molar refractivity (Wildman–Crippen MR) is 69.6 cm³/mol. The number of benzene rings is 1. The maximum atomic E-state index is 10.5. The first-order valence-electron chi connectivity index (χ1n) is 5.79. The Labute approximate surface area is 113 Å². The molecule has 0 aliphatic heterocycles. The molecule has 0 saturated carbocycles. The van der Waals surface area contributed by atoms with Crippen molar-refractivity contribution in [1.82, 2.24) is 0 Å². The van der Waals surface area contributed by atoms with Crippen LogP contribution in [0.2, 0.25) is 0 Å². The molecule has 1 heterocycles. The summed E-state index contributed by atoms with van der Waals surface area (Å²) in [5.74, 6) is -0.257. The van der Waals surface area contributed by atoms with Crippen molar-refractivity contribution in [3.05, 3.63) is 28.8 Å². The van der Waals surface area contributed by atoms with Gasteiger partial charge < -0.3 is 0 Å². The molecule has 6 heteroatoms. The molecule has 18 heavy (non-hydrogen) atoms. The molecule has 0 amide bonds. The monoisotopic (exact) mass is 333 g/mol. The zero-order valence-electron chi connectivity index (χ0n) is 10.1. The fraction of sp³-hybridized carbons (Fsp3) is 0.417. The number of aryl methyl sites for hydroxylation is 2.